The maximum Gasteiger partial charge on any atom is 0.0943 e. The second-order valence-electron chi connectivity index (χ2n) is 10.9. The molecule has 0 bridgehead atoms. The summed E-state index contributed by atoms with van der Waals surface area (Å²) in [4.78, 5) is 10.2. The van der Waals surface area contributed by atoms with Crippen LogP contribution in [0.2, 0.25) is 0 Å². The Bertz CT molecular complexity index is 1300. The smallest absolute Gasteiger partial charge is 0.0943 e. The molecule has 0 radical (unpaired) electrons. The Balaban J connectivity index is 1.85. The van der Waals surface area contributed by atoms with Crippen molar-refractivity contribution in [3.8, 4) is 0 Å². The summed E-state index contributed by atoms with van der Waals surface area (Å²) in [5.74, 6) is 0.816. The molecule has 0 aliphatic carbocycles. The Morgan fingerprint density at radius 1 is 0.811 bits per heavy atom. The van der Waals surface area contributed by atoms with Gasteiger partial charge >= 0.3 is 0 Å². The van der Waals surface area contributed by atoms with Crippen molar-refractivity contribution in [2.45, 2.75) is 78.8 Å². The van der Waals surface area contributed by atoms with Crippen LogP contribution in [0.5, 0.6) is 0 Å². The van der Waals surface area contributed by atoms with E-state index in [4.69, 9.17) is 9.98 Å². The summed E-state index contributed by atoms with van der Waals surface area (Å²) in [5, 5.41) is 3.99. The third-order valence-electron chi connectivity index (χ3n) is 7.10. The Kier molecular flexibility index (Phi) is 8.43. The quantitative estimate of drug-likeness (QED) is 0.358. The molecule has 0 spiro atoms. The van der Waals surface area contributed by atoms with E-state index in [1.165, 1.54) is 33.5 Å². The van der Waals surface area contributed by atoms with Gasteiger partial charge in [-0.3, -0.25) is 4.99 Å². The van der Waals surface area contributed by atoms with Crippen LogP contribution < -0.4 is 5.32 Å². The molecule has 0 saturated carbocycles. The highest BCUT2D eigenvalue weighted by atomic mass is 15.0. The van der Waals surface area contributed by atoms with Gasteiger partial charge in [0.1, 0.15) is 0 Å². The van der Waals surface area contributed by atoms with E-state index in [2.05, 4.69) is 133 Å². The standard InChI is InChI=1S/C34H41N3/c1-22(2)27-16-11-17-28(23(3)4)33(27)37-34(29-15-9-8-14-25(29)6)32-20-12-19-31(36-32)30-18-10-13-24(5)21-26(7)35-30/h8-20,22-23,26,34,37H,21H2,1-7H3/b18-10-,24-13+,35-30?. The number of aryl methyl sites for hydroxylation is 1. The number of hydrogen-bond donors (Lipinski definition) is 1. The fourth-order valence-electron chi connectivity index (χ4n) is 5.15. The summed E-state index contributed by atoms with van der Waals surface area (Å²) in [6.07, 6.45) is 7.33. The zero-order valence-electron chi connectivity index (χ0n) is 23.4. The lowest BCUT2D eigenvalue weighted by molar-refractivity contribution is 0.733. The van der Waals surface area contributed by atoms with Gasteiger partial charge in [0.15, 0.2) is 0 Å². The third-order valence-corrected chi connectivity index (χ3v) is 7.10. The average molecular weight is 492 g/mol. The van der Waals surface area contributed by atoms with Crippen LogP contribution in [0.1, 0.15) is 99.5 Å². The average Bonchev–Trinajstić information content (AvgIpc) is 2.86. The molecule has 1 aliphatic heterocycles. The highest BCUT2D eigenvalue weighted by Crippen LogP contribution is 2.37. The van der Waals surface area contributed by atoms with Crippen LogP contribution in [0.3, 0.4) is 0 Å². The van der Waals surface area contributed by atoms with Crippen LogP contribution in [0.15, 0.2) is 89.5 Å². The van der Waals surface area contributed by atoms with Crippen molar-refractivity contribution in [2.75, 3.05) is 5.32 Å². The first-order chi connectivity index (χ1) is 17.7. The SMILES string of the molecule is C/C1=C\C=C/C(c2cccc(C(Nc3c(C(C)C)cccc3C(C)C)c3ccccc3C)n2)=NC(C)C1. The number of allylic oxidation sites excluding steroid dienone is 3. The third kappa shape index (κ3) is 6.28. The van der Waals surface area contributed by atoms with Gasteiger partial charge in [0, 0.05) is 5.69 Å². The van der Waals surface area contributed by atoms with Gasteiger partial charge in [-0.25, -0.2) is 4.98 Å². The lowest BCUT2D eigenvalue weighted by atomic mass is 9.90. The van der Waals surface area contributed by atoms with Gasteiger partial charge in [0.05, 0.1) is 29.2 Å². The van der Waals surface area contributed by atoms with Crippen molar-refractivity contribution in [1.29, 1.82) is 0 Å². The molecule has 192 valence electrons. The molecule has 2 unspecified atom stereocenters. The second-order valence-corrected chi connectivity index (χ2v) is 10.9. The lowest BCUT2D eigenvalue weighted by Gasteiger charge is -2.27. The molecule has 1 aliphatic rings. The van der Waals surface area contributed by atoms with Crippen molar-refractivity contribution in [2.24, 2.45) is 4.99 Å². The van der Waals surface area contributed by atoms with E-state index < -0.39 is 0 Å². The van der Waals surface area contributed by atoms with Gasteiger partial charge in [0.2, 0.25) is 0 Å². The zero-order chi connectivity index (χ0) is 26.5. The monoisotopic (exact) mass is 491 g/mol. The fourth-order valence-corrected chi connectivity index (χ4v) is 5.15. The van der Waals surface area contributed by atoms with Crippen LogP contribution >= 0.6 is 0 Å². The van der Waals surface area contributed by atoms with Gasteiger partial charge < -0.3 is 5.32 Å². The van der Waals surface area contributed by atoms with Crippen molar-refractivity contribution >= 4 is 11.4 Å². The van der Waals surface area contributed by atoms with Crippen LogP contribution in [0.25, 0.3) is 0 Å². The number of hydrogen-bond acceptors (Lipinski definition) is 3. The summed E-state index contributed by atoms with van der Waals surface area (Å²) < 4.78 is 0. The fraction of sp³-hybridized carbons (Fsp3) is 0.353. The normalized spacial score (nSPS) is 19.0. The largest absolute Gasteiger partial charge is 0.372 e. The van der Waals surface area contributed by atoms with E-state index in [0.29, 0.717) is 11.8 Å². The number of rotatable bonds is 7. The summed E-state index contributed by atoms with van der Waals surface area (Å²) in [6.45, 7) is 15.6. The van der Waals surface area contributed by atoms with Crippen LogP contribution in [-0.4, -0.2) is 16.7 Å². The first kappa shape index (κ1) is 26.6. The minimum Gasteiger partial charge on any atom is -0.372 e. The highest BCUT2D eigenvalue weighted by Gasteiger charge is 2.23. The van der Waals surface area contributed by atoms with Crippen molar-refractivity contribution in [3.05, 3.63) is 118 Å². The van der Waals surface area contributed by atoms with Crippen molar-refractivity contribution in [1.82, 2.24) is 4.98 Å². The Hall–Kier alpha value is -3.46. The first-order valence-electron chi connectivity index (χ1n) is 13.6. The number of nitrogens with zero attached hydrogens (tertiary/aromatic N) is 2. The molecule has 0 saturated heterocycles. The Morgan fingerprint density at radius 2 is 1.46 bits per heavy atom. The number of para-hydroxylation sites is 1. The van der Waals surface area contributed by atoms with Gasteiger partial charge in [-0.2, -0.15) is 0 Å². The van der Waals surface area contributed by atoms with Gasteiger partial charge in [-0.15, -0.1) is 0 Å². The van der Waals surface area contributed by atoms with Crippen molar-refractivity contribution < 1.29 is 0 Å². The molecule has 2 atom stereocenters. The maximum atomic E-state index is 5.22. The molecule has 3 nitrogen and oxygen atoms in total. The minimum absolute atomic E-state index is 0.0868. The molecule has 2 aromatic carbocycles. The predicted octanol–water partition coefficient (Wildman–Crippen LogP) is 8.92. The molecule has 0 amide bonds. The number of anilines is 1. The Morgan fingerprint density at radius 3 is 2.14 bits per heavy atom. The van der Waals surface area contributed by atoms with E-state index >= 15 is 0 Å². The molecule has 2 heterocycles. The minimum atomic E-state index is -0.0868. The number of nitrogens with one attached hydrogen (secondary N) is 1. The highest BCUT2D eigenvalue weighted by molar-refractivity contribution is 6.07. The molecule has 4 rings (SSSR count). The zero-order valence-corrected chi connectivity index (χ0v) is 23.4. The molecule has 37 heavy (non-hydrogen) atoms. The second kappa shape index (κ2) is 11.7. The van der Waals surface area contributed by atoms with Gasteiger partial charge in [0.25, 0.3) is 0 Å². The topological polar surface area (TPSA) is 37.3 Å². The lowest BCUT2D eigenvalue weighted by Crippen LogP contribution is -2.19. The first-order valence-corrected chi connectivity index (χ1v) is 13.6. The van der Waals surface area contributed by atoms with Gasteiger partial charge in [-0.1, -0.05) is 94.0 Å². The maximum absolute atomic E-state index is 5.22. The number of aliphatic imine (C=N–C) groups is 1. The van der Waals surface area contributed by atoms with E-state index in [-0.39, 0.29) is 12.1 Å². The molecule has 1 aromatic heterocycles. The van der Waals surface area contributed by atoms with Crippen LogP contribution in [0.4, 0.5) is 5.69 Å². The van der Waals surface area contributed by atoms with Crippen LogP contribution in [-0.2, 0) is 0 Å². The van der Waals surface area contributed by atoms with E-state index in [0.717, 1.165) is 23.5 Å². The molecule has 0 fully saturated rings. The summed E-state index contributed by atoms with van der Waals surface area (Å²) in [5.41, 5.74) is 10.6. The number of pyridine rings is 1. The van der Waals surface area contributed by atoms with Gasteiger partial charge in [-0.05, 0) is 79.5 Å². The Labute approximate surface area is 223 Å². The molecule has 3 aromatic rings. The molecular formula is C34H41N3. The van der Waals surface area contributed by atoms with Crippen LogP contribution in [0, 0.1) is 6.92 Å². The van der Waals surface area contributed by atoms with E-state index in [1.54, 1.807) is 0 Å². The summed E-state index contributed by atoms with van der Waals surface area (Å²) >= 11 is 0. The van der Waals surface area contributed by atoms with Crippen molar-refractivity contribution in [3.63, 3.8) is 0 Å². The predicted molar refractivity (Wildman–Crippen MR) is 159 cm³/mol. The summed E-state index contributed by atoms with van der Waals surface area (Å²) in [7, 11) is 0. The number of aromatic nitrogens is 1. The van der Waals surface area contributed by atoms with E-state index in [1.807, 2.05) is 0 Å². The molecular weight excluding hydrogens is 450 g/mol. The summed E-state index contributed by atoms with van der Waals surface area (Å²) in [6, 6.07) is 21.8. The molecule has 1 N–H and O–H groups in total. The van der Waals surface area contributed by atoms with E-state index in [9.17, 15) is 0 Å². The number of benzene rings is 2. The molecule has 3 heteroatoms.